The predicted molar refractivity (Wildman–Crippen MR) is 39.8 cm³/mol. The van der Waals surface area contributed by atoms with E-state index in [1.807, 2.05) is 0 Å². The third-order valence-electron chi connectivity index (χ3n) is 1.08. The van der Waals surface area contributed by atoms with E-state index < -0.39 is 0 Å². The molecule has 1 aromatic rings. The Kier molecular flexibility index (Phi) is 2.09. The number of nitrogens with zero attached hydrogens (tertiary/aromatic N) is 1. The molecule has 47 valence electrons. The number of pyridine rings is 1. The first-order chi connectivity index (χ1) is 4.86. The van der Waals surface area contributed by atoms with Crippen molar-refractivity contribution in [3.63, 3.8) is 0 Å². The minimum Gasteiger partial charge on any atom is -0.450 e. The van der Waals surface area contributed by atoms with Gasteiger partial charge in [0, 0.05) is 18.0 Å². The number of hydrogen-bond donors (Lipinski definition) is 1. The Bertz CT molecular complexity index is 267. The Morgan fingerprint density at radius 1 is 1.60 bits per heavy atom. The van der Waals surface area contributed by atoms with Crippen LogP contribution >= 0.6 is 0 Å². The maximum absolute atomic E-state index is 8.52. The lowest BCUT2D eigenvalue weighted by atomic mass is 9.90. The summed E-state index contributed by atoms with van der Waals surface area (Å²) in [6.45, 7) is 0. The Hall–Kier alpha value is -1.27. The van der Waals surface area contributed by atoms with Gasteiger partial charge in [-0.05, 0) is 11.5 Å². The lowest BCUT2D eigenvalue weighted by molar-refractivity contribution is 0.615. The molecule has 0 aliphatic rings. The molecular formula is C7H5BNO. The zero-order valence-corrected chi connectivity index (χ0v) is 5.28. The van der Waals surface area contributed by atoms with E-state index >= 15 is 0 Å². The minimum atomic E-state index is 0.621. The molecule has 0 unspecified atom stereocenters. The molecule has 0 spiro atoms. The highest BCUT2D eigenvalue weighted by atomic mass is 16.2. The average Bonchev–Trinajstić information content (AvgIpc) is 2.05. The predicted octanol–water partition coefficient (Wildman–Crippen LogP) is -0.700. The molecule has 1 radical (unpaired) electrons. The summed E-state index contributed by atoms with van der Waals surface area (Å²) in [5.74, 6) is 2.41. The van der Waals surface area contributed by atoms with Crippen LogP contribution in [-0.4, -0.2) is 17.5 Å². The van der Waals surface area contributed by atoms with Gasteiger partial charge in [-0.15, -0.1) is 6.42 Å². The molecule has 0 atom stereocenters. The van der Waals surface area contributed by atoms with Crippen LogP contribution in [0.2, 0.25) is 0 Å². The SMILES string of the molecule is C#Cc1cncc([B]O)c1. The third kappa shape index (κ3) is 1.37. The molecule has 10 heavy (non-hydrogen) atoms. The van der Waals surface area contributed by atoms with E-state index in [-0.39, 0.29) is 0 Å². The van der Waals surface area contributed by atoms with Crippen molar-refractivity contribution in [3.05, 3.63) is 24.0 Å². The number of aromatic nitrogens is 1. The first kappa shape index (κ1) is 6.85. The van der Waals surface area contributed by atoms with Gasteiger partial charge in [-0.2, -0.15) is 0 Å². The van der Waals surface area contributed by atoms with Gasteiger partial charge in [-0.1, -0.05) is 5.92 Å². The first-order valence-corrected chi connectivity index (χ1v) is 2.76. The molecule has 1 heterocycles. The molecule has 3 heteroatoms. The third-order valence-corrected chi connectivity index (χ3v) is 1.08. The lowest BCUT2D eigenvalue weighted by Gasteiger charge is -1.92. The molecule has 0 aliphatic heterocycles. The molecule has 0 aromatic carbocycles. The van der Waals surface area contributed by atoms with Crippen LogP contribution in [0.3, 0.4) is 0 Å². The van der Waals surface area contributed by atoms with Crippen molar-refractivity contribution in [1.82, 2.24) is 4.98 Å². The number of rotatable bonds is 1. The topological polar surface area (TPSA) is 33.1 Å². The van der Waals surface area contributed by atoms with E-state index in [4.69, 9.17) is 11.4 Å². The van der Waals surface area contributed by atoms with Gasteiger partial charge in [0.25, 0.3) is 0 Å². The molecule has 0 aliphatic carbocycles. The van der Waals surface area contributed by atoms with Crippen LogP contribution in [0.5, 0.6) is 0 Å². The number of hydrogen-bond acceptors (Lipinski definition) is 2. The van der Waals surface area contributed by atoms with Crippen molar-refractivity contribution in [2.45, 2.75) is 0 Å². The summed E-state index contributed by atoms with van der Waals surface area (Å²) < 4.78 is 0. The first-order valence-electron chi connectivity index (χ1n) is 2.76. The summed E-state index contributed by atoms with van der Waals surface area (Å²) in [7, 11) is 0.966. The summed E-state index contributed by atoms with van der Waals surface area (Å²) in [5.41, 5.74) is 1.29. The van der Waals surface area contributed by atoms with E-state index in [1.54, 1.807) is 12.3 Å². The van der Waals surface area contributed by atoms with Gasteiger partial charge < -0.3 is 5.02 Å². The van der Waals surface area contributed by atoms with Gasteiger partial charge in [0.05, 0.1) is 0 Å². The fourth-order valence-electron chi connectivity index (χ4n) is 0.607. The molecule has 1 rings (SSSR count). The van der Waals surface area contributed by atoms with Gasteiger partial charge in [-0.25, -0.2) is 0 Å². The molecule has 0 saturated carbocycles. The molecule has 0 bridgehead atoms. The average molecular weight is 130 g/mol. The molecule has 1 N–H and O–H groups in total. The second-order valence-corrected chi connectivity index (χ2v) is 1.78. The summed E-state index contributed by atoms with van der Waals surface area (Å²) in [5, 5.41) is 8.52. The lowest BCUT2D eigenvalue weighted by Crippen LogP contribution is -2.13. The van der Waals surface area contributed by atoms with Gasteiger partial charge in [0.2, 0.25) is 0 Å². The summed E-state index contributed by atoms with van der Waals surface area (Å²) >= 11 is 0. The van der Waals surface area contributed by atoms with Crippen LogP contribution in [0.15, 0.2) is 18.5 Å². The van der Waals surface area contributed by atoms with Gasteiger partial charge in [0.1, 0.15) is 0 Å². The Balaban J connectivity index is 3.01. The standard InChI is InChI=1S/C7H5BNO/c1-2-6-3-7(8-10)5-9-4-6/h1,3-5,10H. The maximum Gasteiger partial charge on any atom is 0.328 e. The van der Waals surface area contributed by atoms with Crippen molar-refractivity contribution in [2.24, 2.45) is 0 Å². The van der Waals surface area contributed by atoms with Gasteiger partial charge >= 0.3 is 7.48 Å². The van der Waals surface area contributed by atoms with Crippen molar-refractivity contribution < 1.29 is 5.02 Å². The Morgan fingerprint density at radius 2 is 2.40 bits per heavy atom. The molecule has 0 fully saturated rings. The summed E-state index contributed by atoms with van der Waals surface area (Å²) in [4.78, 5) is 3.79. The van der Waals surface area contributed by atoms with Crippen molar-refractivity contribution in [3.8, 4) is 12.3 Å². The maximum atomic E-state index is 8.52. The highest BCUT2D eigenvalue weighted by Crippen LogP contribution is 1.87. The molecule has 2 nitrogen and oxygen atoms in total. The van der Waals surface area contributed by atoms with Crippen molar-refractivity contribution in [2.75, 3.05) is 0 Å². The molecular weight excluding hydrogens is 125 g/mol. The monoisotopic (exact) mass is 130 g/mol. The van der Waals surface area contributed by atoms with E-state index in [2.05, 4.69) is 10.9 Å². The second-order valence-electron chi connectivity index (χ2n) is 1.78. The second kappa shape index (κ2) is 3.04. The molecule has 0 saturated heterocycles. The van der Waals surface area contributed by atoms with Crippen LogP contribution in [0.25, 0.3) is 0 Å². The largest absolute Gasteiger partial charge is 0.450 e. The van der Waals surface area contributed by atoms with E-state index in [0.717, 1.165) is 7.48 Å². The zero-order chi connectivity index (χ0) is 7.40. The fourth-order valence-corrected chi connectivity index (χ4v) is 0.607. The van der Waals surface area contributed by atoms with Crippen LogP contribution < -0.4 is 5.46 Å². The highest BCUT2D eigenvalue weighted by Gasteiger charge is 1.93. The highest BCUT2D eigenvalue weighted by molar-refractivity contribution is 6.45. The van der Waals surface area contributed by atoms with Crippen molar-refractivity contribution in [1.29, 1.82) is 0 Å². The smallest absolute Gasteiger partial charge is 0.328 e. The van der Waals surface area contributed by atoms with Crippen LogP contribution in [0.1, 0.15) is 5.56 Å². The quantitative estimate of drug-likeness (QED) is 0.402. The van der Waals surface area contributed by atoms with E-state index in [9.17, 15) is 0 Å². The zero-order valence-electron chi connectivity index (χ0n) is 5.28. The Labute approximate surface area is 60.2 Å². The summed E-state index contributed by atoms with van der Waals surface area (Å²) in [6.07, 6.45) is 8.18. The summed E-state index contributed by atoms with van der Waals surface area (Å²) in [6, 6.07) is 1.67. The Morgan fingerprint density at radius 3 is 3.00 bits per heavy atom. The molecule has 0 amide bonds. The minimum absolute atomic E-state index is 0.621. The normalized spacial score (nSPS) is 8.40. The van der Waals surface area contributed by atoms with Gasteiger partial charge in [-0.3, -0.25) is 4.98 Å². The molecule has 1 aromatic heterocycles. The van der Waals surface area contributed by atoms with Crippen LogP contribution in [0, 0.1) is 12.3 Å². The van der Waals surface area contributed by atoms with E-state index in [1.165, 1.54) is 6.20 Å². The van der Waals surface area contributed by atoms with Crippen LogP contribution in [0.4, 0.5) is 0 Å². The van der Waals surface area contributed by atoms with Crippen molar-refractivity contribution >= 4 is 12.9 Å². The fraction of sp³-hybridized carbons (Fsp3) is 0. The van der Waals surface area contributed by atoms with Crippen LogP contribution in [-0.2, 0) is 0 Å². The number of terminal acetylenes is 1. The van der Waals surface area contributed by atoms with E-state index in [0.29, 0.717) is 11.0 Å². The van der Waals surface area contributed by atoms with Gasteiger partial charge in [0.15, 0.2) is 0 Å².